The van der Waals surface area contributed by atoms with Gasteiger partial charge in [0.15, 0.2) is 0 Å². The minimum atomic E-state index is -0.144. The number of pyridine rings is 1. The number of rotatable bonds is 6. The molecule has 6 heteroatoms. The molecule has 0 bridgehead atoms. The van der Waals surface area contributed by atoms with Crippen LogP contribution in [0, 0.1) is 0 Å². The Hall–Kier alpha value is -2.24. The molecule has 0 spiro atoms. The summed E-state index contributed by atoms with van der Waals surface area (Å²) in [5, 5.41) is 0.677. The van der Waals surface area contributed by atoms with Gasteiger partial charge < -0.3 is 14.0 Å². The minimum Gasteiger partial charge on any atom is -0.497 e. The molecular weight excluding hydrogens is 418 g/mol. The fraction of sp³-hybridized carbons (Fsp3) is 0.150. The lowest BCUT2D eigenvalue weighted by Crippen LogP contribution is -2.21. The van der Waals surface area contributed by atoms with Crippen LogP contribution in [0.2, 0.25) is 5.02 Å². The zero-order chi connectivity index (χ0) is 18.5. The molecule has 134 valence electrons. The summed E-state index contributed by atoms with van der Waals surface area (Å²) in [5.41, 5.74) is 1.84. The fourth-order valence-electron chi connectivity index (χ4n) is 2.44. The summed E-state index contributed by atoms with van der Waals surface area (Å²) in [6.07, 6.45) is 1.73. The predicted molar refractivity (Wildman–Crippen MR) is 106 cm³/mol. The van der Waals surface area contributed by atoms with E-state index in [4.69, 9.17) is 21.1 Å². The van der Waals surface area contributed by atoms with Crippen LogP contribution in [0.1, 0.15) is 11.1 Å². The molecule has 0 amide bonds. The largest absolute Gasteiger partial charge is 0.497 e. The van der Waals surface area contributed by atoms with Gasteiger partial charge in [0.1, 0.15) is 22.6 Å². The molecule has 0 unspecified atom stereocenters. The van der Waals surface area contributed by atoms with E-state index >= 15 is 0 Å². The van der Waals surface area contributed by atoms with E-state index < -0.39 is 0 Å². The summed E-state index contributed by atoms with van der Waals surface area (Å²) in [6.45, 7) is 0.830. The van der Waals surface area contributed by atoms with E-state index in [0.29, 0.717) is 28.4 Å². The maximum atomic E-state index is 12.6. The first kappa shape index (κ1) is 18.5. The lowest BCUT2D eigenvalue weighted by molar-refractivity contribution is 0.302. The molecule has 2 aromatic carbocycles. The van der Waals surface area contributed by atoms with Crippen LogP contribution >= 0.6 is 27.5 Å². The first-order valence-corrected chi connectivity index (χ1v) is 9.13. The fourth-order valence-corrected chi connectivity index (χ4v) is 3.04. The highest BCUT2D eigenvalue weighted by Crippen LogP contribution is 2.22. The number of aromatic nitrogens is 1. The SMILES string of the molecule is COc1ccc(Cn2ccc(OCc3ccc(Cl)cc3)c(Br)c2=O)cc1. The molecule has 0 saturated heterocycles. The summed E-state index contributed by atoms with van der Waals surface area (Å²) >= 11 is 9.23. The van der Waals surface area contributed by atoms with Crippen LogP contribution in [0.4, 0.5) is 0 Å². The third kappa shape index (κ3) is 4.48. The maximum absolute atomic E-state index is 12.6. The van der Waals surface area contributed by atoms with Gasteiger partial charge in [0.25, 0.3) is 5.56 Å². The maximum Gasteiger partial charge on any atom is 0.268 e. The molecule has 0 saturated carbocycles. The van der Waals surface area contributed by atoms with Crippen LogP contribution in [-0.2, 0) is 13.2 Å². The van der Waals surface area contributed by atoms with Gasteiger partial charge in [0, 0.05) is 11.2 Å². The molecule has 0 atom stereocenters. The van der Waals surface area contributed by atoms with Gasteiger partial charge in [-0.3, -0.25) is 4.79 Å². The number of ether oxygens (including phenoxy) is 2. The monoisotopic (exact) mass is 433 g/mol. The van der Waals surface area contributed by atoms with E-state index in [1.54, 1.807) is 23.9 Å². The van der Waals surface area contributed by atoms with E-state index in [1.165, 1.54) is 0 Å². The Morgan fingerprint density at radius 2 is 1.65 bits per heavy atom. The second kappa shape index (κ2) is 8.43. The molecule has 0 fully saturated rings. The first-order chi connectivity index (χ1) is 12.6. The molecule has 3 rings (SSSR count). The van der Waals surface area contributed by atoms with Crippen molar-refractivity contribution in [1.82, 2.24) is 4.57 Å². The topological polar surface area (TPSA) is 40.5 Å². The molecule has 4 nitrogen and oxygen atoms in total. The van der Waals surface area contributed by atoms with Crippen molar-refractivity contribution in [3.63, 3.8) is 0 Å². The van der Waals surface area contributed by atoms with Crippen molar-refractivity contribution in [2.24, 2.45) is 0 Å². The highest BCUT2D eigenvalue weighted by molar-refractivity contribution is 9.10. The standard InChI is InChI=1S/C20H17BrClNO3/c1-25-17-8-4-14(5-9-17)12-23-11-10-18(19(21)20(23)24)26-13-15-2-6-16(22)7-3-15/h2-11H,12-13H2,1H3. The second-order valence-corrected chi connectivity index (χ2v) is 6.92. The van der Waals surface area contributed by atoms with Crippen LogP contribution in [0.25, 0.3) is 0 Å². The summed E-state index contributed by atoms with van der Waals surface area (Å²) in [5.74, 6) is 1.30. The van der Waals surface area contributed by atoms with Crippen LogP contribution in [-0.4, -0.2) is 11.7 Å². The molecular formula is C20H17BrClNO3. The number of hydrogen-bond acceptors (Lipinski definition) is 3. The highest BCUT2D eigenvalue weighted by Gasteiger charge is 2.09. The molecule has 0 aliphatic rings. The molecule has 1 heterocycles. The average molecular weight is 435 g/mol. The van der Waals surface area contributed by atoms with Gasteiger partial charge in [-0.05, 0) is 57.4 Å². The highest BCUT2D eigenvalue weighted by atomic mass is 79.9. The number of benzene rings is 2. The lowest BCUT2D eigenvalue weighted by Gasteiger charge is -2.12. The number of methoxy groups -OCH3 is 1. The van der Waals surface area contributed by atoms with E-state index in [0.717, 1.165) is 16.9 Å². The van der Waals surface area contributed by atoms with Crippen molar-refractivity contribution in [3.05, 3.63) is 91.8 Å². The van der Waals surface area contributed by atoms with Crippen molar-refractivity contribution in [2.45, 2.75) is 13.2 Å². The Morgan fingerprint density at radius 1 is 1.00 bits per heavy atom. The third-order valence-corrected chi connectivity index (χ3v) is 4.87. The van der Waals surface area contributed by atoms with Crippen molar-refractivity contribution in [3.8, 4) is 11.5 Å². The van der Waals surface area contributed by atoms with Crippen molar-refractivity contribution in [1.29, 1.82) is 0 Å². The Labute approximate surface area is 165 Å². The smallest absolute Gasteiger partial charge is 0.268 e. The van der Waals surface area contributed by atoms with Gasteiger partial charge in [-0.2, -0.15) is 0 Å². The number of hydrogen-bond donors (Lipinski definition) is 0. The van der Waals surface area contributed by atoms with Gasteiger partial charge in [-0.25, -0.2) is 0 Å². The molecule has 26 heavy (non-hydrogen) atoms. The molecule has 0 radical (unpaired) electrons. The van der Waals surface area contributed by atoms with Gasteiger partial charge in [0.2, 0.25) is 0 Å². The van der Waals surface area contributed by atoms with Crippen LogP contribution in [0.3, 0.4) is 0 Å². The van der Waals surface area contributed by atoms with E-state index in [9.17, 15) is 4.79 Å². The molecule has 0 aliphatic heterocycles. The lowest BCUT2D eigenvalue weighted by atomic mass is 10.2. The van der Waals surface area contributed by atoms with Crippen LogP contribution in [0.15, 0.2) is 70.1 Å². The average Bonchev–Trinajstić information content (AvgIpc) is 2.67. The Morgan fingerprint density at radius 3 is 2.31 bits per heavy atom. The minimum absolute atomic E-state index is 0.144. The van der Waals surface area contributed by atoms with Gasteiger partial charge in [0.05, 0.1) is 13.7 Å². The Kier molecular flexibility index (Phi) is 6.01. The zero-order valence-electron chi connectivity index (χ0n) is 14.1. The van der Waals surface area contributed by atoms with E-state index in [1.807, 2.05) is 48.5 Å². The van der Waals surface area contributed by atoms with E-state index in [-0.39, 0.29) is 5.56 Å². The predicted octanol–water partition coefficient (Wildman–Crippen LogP) is 4.90. The Bertz CT molecular complexity index is 937. The van der Waals surface area contributed by atoms with Gasteiger partial charge >= 0.3 is 0 Å². The van der Waals surface area contributed by atoms with Crippen molar-refractivity contribution < 1.29 is 9.47 Å². The van der Waals surface area contributed by atoms with Crippen molar-refractivity contribution in [2.75, 3.05) is 7.11 Å². The van der Waals surface area contributed by atoms with Gasteiger partial charge in [-0.1, -0.05) is 35.9 Å². The molecule has 3 aromatic rings. The first-order valence-electron chi connectivity index (χ1n) is 7.96. The quantitative estimate of drug-likeness (QED) is 0.554. The summed E-state index contributed by atoms with van der Waals surface area (Å²) in [4.78, 5) is 12.6. The molecule has 0 aliphatic carbocycles. The zero-order valence-corrected chi connectivity index (χ0v) is 16.5. The van der Waals surface area contributed by atoms with Crippen LogP contribution < -0.4 is 15.0 Å². The third-order valence-electron chi connectivity index (χ3n) is 3.89. The molecule has 0 N–H and O–H groups in total. The number of nitrogens with zero attached hydrogens (tertiary/aromatic N) is 1. The molecule has 1 aromatic heterocycles. The second-order valence-electron chi connectivity index (χ2n) is 5.69. The summed E-state index contributed by atoms with van der Waals surface area (Å²) in [7, 11) is 1.62. The van der Waals surface area contributed by atoms with Gasteiger partial charge in [-0.15, -0.1) is 0 Å². The van der Waals surface area contributed by atoms with E-state index in [2.05, 4.69) is 15.9 Å². The van der Waals surface area contributed by atoms with Crippen molar-refractivity contribution >= 4 is 27.5 Å². The summed E-state index contributed by atoms with van der Waals surface area (Å²) in [6, 6.07) is 16.8. The Balaban J connectivity index is 1.73. The number of halogens is 2. The summed E-state index contributed by atoms with van der Waals surface area (Å²) < 4.78 is 12.9. The normalized spacial score (nSPS) is 10.6. The van der Waals surface area contributed by atoms with Crippen LogP contribution in [0.5, 0.6) is 11.5 Å².